The Kier molecular flexibility index (Phi) is 5.59. The minimum atomic E-state index is 0.0975. The average Bonchev–Trinajstić information content (AvgIpc) is 2.43. The van der Waals surface area contributed by atoms with Crippen LogP contribution < -0.4 is 5.43 Å². The largest absolute Gasteiger partial charge is 0.356 e. The van der Waals surface area contributed by atoms with Gasteiger partial charge in [0, 0.05) is 42.3 Å². The Morgan fingerprint density at radius 2 is 2.10 bits per heavy atom. The number of benzene rings is 1. The van der Waals surface area contributed by atoms with E-state index in [1.165, 1.54) is 5.56 Å². The van der Waals surface area contributed by atoms with Gasteiger partial charge >= 0.3 is 0 Å². The van der Waals surface area contributed by atoms with Gasteiger partial charge < -0.3 is 4.57 Å². The SMILES string of the molecule is Cc1cn(C)cc(-c2cccc(C/C(Br)=C/CBr)c2)c1=O. The van der Waals surface area contributed by atoms with Gasteiger partial charge in [0.15, 0.2) is 5.43 Å². The minimum Gasteiger partial charge on any atom is -0.356 e. The van der Waals surface area contributed by atoms with Crippen molar-refractivity contribution in [2.75, 3.05) is 5.33 Å². The molecule has 21 heavy (non-hydrogen) atoms. The summed E-state index contributed by atoms with van der Waals surface area (Å²) in [6.45, 7) is 1.85. The average molecular weight is 411 g/mol. The molecule has 2 rings (SSSR count). The van der Waals surface area contributed by atoms with E-state index in [2.05, 4.69) is 50.1 Å². The molecule has 110 valence electrons. The van der Waals surface area contributed by atoms with Gasteiger partial charge in [0.2, 0.25) is 0 Å². The van der Waals surface area contributed by atoms with Crippen LogP contribution in [0.5, 0.6) is 0 Å². The molecule has 0 fully saturated rings. The molecular formula is C17H17Br2NO. The summed E-state index contributed by atoms with van der Waals surface area (Å²) >= 11 is 6.95. The van der Waals surface area contributed by atoms with Gasteiger partial charge in [0.1, 0.15) is 0 Å². The molecule has 0 spiro atoms. The summed E-state index contributed by atoms with van der Waals surface area (Å²) in [6, 6.07) is 8.15. The number of hydrogen-bond acceptors (Lipinski definition) is 1. The van der Waals surface area contributed by atoms with Crippen molar-refractivity contribution in [3.05, 3.63) is 68.6 Å². The molecule has 0 aliphatic rings. The van der Waals surface area contributed by atoms with E-state index in [0.717, 1.165) is 32.9 Å². The molecule has 0 saturated carbocycles. The highest BCUT2D eigenvalue weighted by atomic mass is 79.9. The summed E-state index contributed by atoms with van der Waals surface area (Å²) in [5.41, 5.74) is 3.76. The third kappa shape index (κ3) is 4.17. The van der Waals surface area contributed by atoms with Crippen LogP contribution in [0.4, 0.5) is 0 Å². The van der Waals surface area contributed by atoms with E-state index in [4.69, 9.17) is 0 Å². The van der Waals surface area contributed by atoms with Gasteiger partial charge in [0.05, 0.1) is 0 Å². The Morgan fingerprint density at radius 1 is 1.33 bits per heavy atom. The molecule has 4 heteroatoms. The maximum absolute atomic E-state index is 12.3. The van der Waals surface area contributed by atoms with Crippen molar-refractivity contribution in [2.24, 2.45) is 7.05 Å². The fraction of sp³-hybridized carbons (Fsp3) is 0.235. The normalized spacial score (nSPS) is 11.7. The van der Waals surface area contributed by atoms with E-state index < -0.39 is 0 Å². The van der Waals surface area contributed by atoms with Crippen LogP contribution in [0.1, 0.15) is 11.1 Å². The van der Waals surface area contributed by atoms with Crippen LogP contribution in [0.25, 0.3) is 11.1 Å². The van der Waals surface area contributed by atoms with Gasteiger partial charge in [-0.15, -0.1) is 0 Å². The zero-order valence-corrected chi connectivity index (χ0v) is 15.2. The van der Waals surface area contributed by atoms with Crippen LogP contribution >= 0.6 is 31.9 Å². The predicted octanol–water partition coefficient (Wildman–Crippen LogP) is 4.58. The maximum Gasteiger partial charge on any atom is 0.192 e. The Bertz CT molecular complexity index is 732. The second-order valence-electron chi connectivity index (χ2n) is 5.03. The number of alkyl halides is 1. The molecule has 2 aromatic rings. The lowest BCUT2D eigenvalue weighted by molar-refractivity contribution is 0.891. The fourth-order valence-corrected chi connectivity index (χ4v) is 3.59. The van der Waals surface area contributed by atoms with Crippen molar-refractivity contribution in [2.45, 2.75) is 13.3 Å². The van der Waals surface area contributed by atoms with E-state index in [0.29, 0.717) is 0 Å². The zero-order chi connectivity index (χ0) is 15.4. The summed E-state index contributed by atoms with van der Waals surface area (Å²) in [6.07, 6.45) is 6.65. The fourth-order valence-electron chi connectivity index (χ4n) is 2.28. The quantitative estimate of drug-likeness (QED) is 0.676. The maximum atomic E-state index is 12.3. The van der Waals surface area contributed by atoms with Crippen molar-refractivity contribution in [1.82, 2.24) is 4.57 Å². The van der Waals surface area contributed by atoms with Gasteiger partial charge in [-0.05, 0) is 22.5 Å². The summed E-state index contributed by atoms with van der Waals surface area (Å²) in [5, 5.41) is 0.825. The van der Waals surface area contributed by atoms with Crippen LogP contribution in [0, 0.1) is 6.92 Å². The molecule has 0 radical (unpaired) electrons. The molecule has 0 unspecified atom stereocenters. The molecule has 0 amide bonds. The van der Waals surface area contributed by atoms with Gasteiger partial charge in [0.25, 0.3) is 0 Å². The second-order valence-corrected chi connectivity index (χ2v) is 6.70. The minimum absolute atomic E-state index is 0.0975. The van der Waals surface area contributed by atoms with Crippen molar-refractivity contribution in [3.8, 4) is 11.1 Å². The number of pyridine rings is 1. The highest BCUT2D eigenvalue weighted by Crippen LogP contribution is 2.21. The molecule has 2 nitrogen and oxygen atoms in total. The zero-order valence-electron chi connectivity index (χ0n) is 12.1. The van der Waals surface area contributed by atoms with E-state index in [9.17, 15) is 4.79 Å². The topological polar surface area (TPSA) is 22.0 Å². The van der Waals surface area contributed by atoms with Crippen LogP contribution in [0.3, 0.4) is 0 Å². The van der Waals surface area contributed by atoms with Crippen LogP contribution in [0.2, 0.25) is 0 Å². The van der Waals surface area contributed by atoms with Crippen molar-refractivity contribution in [3.63, 3.8) is 0 Å². The third-order valence-corrected chi connectivity index (χ3v) is 4.17. The third-order valence-electron chi connectivity index (χ3n) is 3.24. The predicted molar refractivity (Wildman–Crippen MR) is 96.4 cm³/mol. The number of aryl methyl sites for hydroxylation is 2. The number of hydrogen-bond donors (Lipinski definition) is 0. The first-order valence-electron chi connectivity index (χ1n) is 6.68. The van der Waals surface area contributed by atoms with Gasteiger partial charge in [-0.25, -0.2) is 0 Å². The number of halogens is 2. The van der Waals surface area contributed by atoms with Gasteiger partial charge in [-0.3, -0.25) is 4.79 Å². The molecule has 0 aliphatic carbocycles. The Labute approximate surface area is 141 Å². The first kappa shape index (κ1) is 16.2. The molecule has 1 aromatic carbocycles. The number of nitrogens with zero attached hydrogens (tertiary/aromatic N) is 1. The van der Waals surface area contributed by atoms with E-state index in [-0.39, 0.29) is 5.43 Å². The summed E-state index contributed by atoms with van der Waals surface area (Å²) < 4.78 is 3.06. The Balaban J connectivity index is 2.43. The lowest BCUT2D eigenvalue weighted by Crippen LogP contribution is -2.11. The van der Waals surface area contributed by atoms with Crippen LogP contribution in [-0.2, 0) is 13.5 Å². The van der Waals surface area contributed by atoms with Crippen molar-refractivity contribution in [1.29, 1.82) is 0 Å². The first-order chi connectivity index (χ1) is 10.0. The molecule has 0 aliphatic heterocycles. The first-order valence-corrected chi connectivity index (χ1v) is 8.59. The summed E-state index contributed by atoms with van der Waals surface area (Å²) in [4.78, 5) is 12.3. The van der Waals surface area contributed by atoms with Gasteiger partial charge in [-0.2, -0.15) is 0 Å². The van der Waals surface area contributed by atoms with Crippen LogP contribution in [0.15, 0.2) is 52.0 Å². The number of aromatic nitrogens is 1. The van der Waals surface area contributed by atoms with Gasteiger partial charge in [-0.1, -0.05) is 62.2 Å². The van der Waals surface area contributed by atoms with E-state index in [1.807, 2.05) is 43.1 Å². The van der Waals surface area contributed by atoms with E-state index in [1.54, 1.807) is 0 Å². The monoisotopic (exact) mass is 409 g/mol. The lowest BCUT2D eigenvalue weighted by atomic mass is 10.0. The van der Waals surface area contributed by atoms with Crippen molar-refractivity contribution < 1.29 is 0 Å². The molecule has 0 N–H and O–H groups in total. The Morgan fingerprint density at radius 3 is 2.81 bits per heavy atom. The van der Waals surface area contributed by atoms with E-state index >= 15 is 0 Å². The second kappa shape index (κ2) is 7.23. The molecule has 0 bridgehead atoms. The van der Waals surface area contributed by atoms with Crippen LogP contribution in [-0.4, -0.2) is 9.90 Å². The highest BCUT2D eigenvalue weighted by Gasteiger charge is 2.07. The highest BCUT2D eigenvalue weighted by molar-refractivity contribution is 9.11. The molecule has 0 saturated heterocycles. The molecule has 0 atom stereocenters. The summed E-state index contributed by atoms with van der Waals surface area (Å²) in [5.74, 6) is 0. The standard InChI is InChI=1S/C17H17Br2NO/c1-12-10-20(2)11-16(17(12)21)14-5-3-4-13(8-14)9-15(19)6-7-18/h3-6,8,10-11H,7,9H2,1-2H3/b15-6-. The van der Waals surface area contributed by atoms with Crippen molar-refractivity contribution >= 4 is 31.9 Å². The Hall–Kier alpha value is -1.13. The number of rotatable bonds is 4. The molecule has 1 heterocycles. The molecular weight excluding hydrogens is 394 g/mol. The molecule has 1 aromatic heterocycles. The number of allylic oxidation sites excluding steroid dienone is 2. The summed E-state index contributed by atoms with van der Waals surface area (Å²) in [7, 11) is 1.94. The smallest absolute Gasteiger partial charge is 0.192 e. The lowest BCUT2D eigenvalue weighted by Gasteiger charge is -2.08.